The topological polar surface area (TPSA) is 116 Å². The molecule has 0 fully saturated rings. The third-order valence-corrected chi connectivity index (χ3v) is 4.29. The number of nitrogens with two attached hydrogens (primary N) is 1. The molecule has 0 amide bonds. The zero-order chi connectivity index (χ0) is 15.0. The Balaban J connectivity index is 2.05. The third-order valence-electron chi connectivity index (χ3n) is 2.93. The van der Waals surface area contributed by atoms with Gasteiger partial charge in [-0.05, 0) is 24.3 Å². The molecule has 3 N–H and O–H groups in total. The predicted molar refractivity (Wildman–Crippen MR) is 78.0 cm³/mol. The summed E-state index contributed by atoms with van der Waals surface area (Å²) in [6, 6.07) is 5.90. The van der Waals surface area contributed by atoms with Gasteiger partial charge in [0, 0.05) is 12.7 Å². The summed E-state index contributed by atoms with van der Waals surface area (Å²) in [6.07, 6.45) is 2.80. The number of hydrogen-bond acceptors (Lipinski definition) is 6. The molecule has 1 aromatic carbocycles. The van der Waals surface area contributed by atoms with Crippen molar-refractivity contribution >= 4 is 32.7 Å². The second-order valence-corrected chi connectivity index (χ2v) is 6.11. The van der Waals surface area contributed by atoms with Gasteiger partial charge < -0.3 is 10.3 Å². The lowest BCUT2D eigenvalue weighted by atomic mass is 10.3. The first-order chi connectivity index (χ1) is 9.97. The van der Waals surface area contributed by atoms with Gasteiger partial charge in [-0.2, -0.15) is 0 Å². The number of anilines is 2. The molecule has 0 radical (unpaired) electrons. The Labute approximate surface area is 120 Å². The summed E-state index contributed by atoms with van der Waals surface area (Å²) in [5.41, 5.74) is 6.98. The zero-order valence-corrected chi connectivity index (χ0v) is 11.9. The van der Waals surface area contributed by atoms with E-state index < -0.39 is 10.0 Å². The van der Waals surface area contributed by atoms with Crippen molar-refractivity contribution in [2.45, 2.75) is 4.90 Å². The maximum absolute atomic E-state index is 12.3. The van der Waals surface area contributed by atoms with Crippen LogP contribution in [0.4, 0.5) is 11.5 Å². The van der Waals surface area contributed by atoms with E-state index in [4.69, 9.17) is 5.73 Å². The highest BCUT2D eigenvalue weighted by atomic mass is 32.2. The molecule has 0 aliphatic rings. The minimum absolute atomic E-state index is 0.102. The Kier molecular flexibility index (Phi) is 2.98. The SMILES string of the molecule is Cn1cnc2ncnc(NS(=O)(=O)c3ccc(N)cc3)c21. The summed E-state index contributed by atoms with van der Waals surface area (Å²) in [5, 5.41) is 0. The molecule has 9 heteroatoms. The average molecular weight is 304 g/mol. The van der Waals surface area contributed by atoms with E-state index >= 15 is 0 Å². The van der Waals surface area contributed by atoms with Gasteiger partial charge in [0.15, 0.2) is 11.5 Å². The van der Waals surface area contributed by atoms with Gasteiger partial charge in [0.2, 0.25) is 0 Å². The van der Waals surface area contributed by atoms with Crippen molar-refractivity contribution in [3.8, 4) is 0 Å². The molecule has 0 bridgehead atoms. The van der Waals surface area contributed by atoms with Crippen molar-refractivity contribution in [3.05, 3.63) is 36.9 Å². The van der Waals surface area contributed by atoms with Crippen LogP contribution in [0.5, 0.6) is 0 Å². The van der Waals surface area contributed by atoms with Crippen LogP contribution in [0.25, 0.3) is 11.2 Å². The lowest BCUT2D eigenvalue weighted by molar-refractivity contribution is 0.601. The molecule has 2 aromatic heterocycles. The first-order valence-electron chi connectivity index (χ1n) is 5.98. The molecular formula is C12H12N6O2S. The molecule has 3 rings (SSSR count). The quantitative estimate of drug-likeness (QED) is 0.690. The molecule has 0 aliphatic heterocycles. The van der Waals surface area contributed by atoms with E-state index in [1.54, 1.807) is 17.9 Å². The summed E-state index contributed by atoms with van der Waals surface area (Å²) in [4.78, 5) is 12.1. The smallest absolute Gasteiger partial charge is 0.263 e. The first kappa shape index (κ1) is 13.3. The van der Waals surface area contributed by atoms with E-state index in [2.05, 4.69) is 19.7 Å². The van der Waals surface area contributed by atoms with Crippen LogP contribution in [0.1, 0.15) is 0 Å². The molecule has 3 aromatic rings. The zero-order valence-electron chi connectivity index (χ0n) is 11.1. The average Bonchev–Trinajstić information content (AvgIpc) is 2.82. The van der Waals surface area contributed by atoms with Crippen molar-refractivity contribution < 1.29 is 8.42 Å². The molecule has 2 heterocycles. The molecular weight excluding hydrogens is 292 g/mol. The van der Waals surface area contributed by atoms with Gasteiger partial charge in [0.05, 0.1) is 11.2 Å². The second kappa shape index (κ2) is 4.70. The highest BCUT2D eigenvalue weighted by molar-refractivity contribution is 7.92. The van der Waals surface area contributed by atoms with Crippen molar-refractivity contribution in [2.24, 2.45) is 7.05 Å². The number of sulfonamides is 1. The lowest BCUT2D eigenvalue weighted by Crippen LogP contribution is -2.15. The number of imidazole rings is 1. The van der Waals surface area contributed by atoms with Crippen molar-refractivity contribution in [2.75, 3.05) is 10.5 Å². The number of nitrogen functional groups attached to an aromatic ring is 1. The van der Waals surface area contributed by atoms with E-state index in [1.165, 1.54) is 30.6 Å². The van der Waals surface area contributed by atoms with Gasteiger partial charge in [-0.1, -0.05) is 0 Å². The minimum atomic E-state index is -3.75. The number of hydrogen-bond donors (Lipinski definition) is 2. The van der Waals surface area contributed by atoms with Crippen LogP contribution < -0.4 is 10.5 Å². The van der Waals surface area contributed by atoms with E-state index in [0.29, 0.717) is 16.9 Å². The highest BCUT2D eigenvalue weighted by Crippen LogP contribution is 2.21. The summed E-state index contributed by atoms with van der Waals surface area (Å²) < 4.78 is 28.8. The van der Waals surface area contributed by atoms with Gasteiger partial charge >= 0.3 is 0 Å². The number of rotatable bonds is 3. The van der Waals surface area contributed by atoms with Crippen LogP contribution in [0.2, 0.25) is 0 Å². The van der Waals surface area contributed by atoms with Crippen LogP contribution >= 0.6 is 0 Å². The normalized spacial score (nSPS) is 11.7. The van der Waals surface area contributed by atoms with Crippen molar-refractivity contribution in [1.82, 2.24) is 19.5 Å². The molecule has 21 heavy (non-hydrogen) atoms. The highest BCUT2D eigenvalue weighted by Gasteiger charge is 2.18. The van der Waals surface area contributed by atoms with Crippen LogP contribution in [0, 0.1) is 0 Å². The fraction of sp³-hybridized carbons (Fsp3) is 0.0833. The van der Waals surface area contributed by atoms with Crippen molar-refractivity contribution in [3.63, 3.8) is 0 Å². The maximum atomic E-state index is 12.3. The molecule has 0 atom stereocenters. The number of fused-ring (bicyclic) bond motifs is 1. The molecule has 0 spiro atoms. The Morgan fingerprint density at radius 2 is 1.86 bits per heavy atom. The number of aryl methyl sites for hydroxylation is 1. The van der Waals surface area contributed by atoms with Crippen LogP contribution in [0.15, 0.2) is 41.8 Å². The Morgan fingerprint density at radius 1 is 1.14 bits per heavy atom. The van der Waals surface area contributed by atoms with Crippen LogP contribution in [0.3, 0.4) is 0 Å². The number of aromatic nitrogens is 4. The Bertz CT molecular complexity index is 901. The summed E-state index contributed by atoms with van der Waals surface area (Å²) in [7, 11) is -2.02. The second-order valence-electron chi connectivity index (χ2n) is 4.42. The fourth-order valence-corrected chi connectivity index (χ4v) is 2.91. The number of benzene rings is 1. The van der Waals surface area contributed by atoms with Crippen LogP contribution in [-0.4, -0.2) is 27.9 Å². The van der Waals surface area contributed by atoms with Gasteiger partial charge in [0.1, 0.15) is 11.8 Å². The van der Waals surface area contributed by atoms with E-state index in [1.807, 2.05) is 0 Å². The monoisotopic (exact) mass is 304 g/mol. The Morgan fingerprint density at radius 3 is 2.57 bits per heavy atom. The largest absolute Gasteiger partial charge is 0.399 e. The molecule has 0 saturated carbocycles. The summed E-state index contributed by atoms with van der Waals surface area (Å²) in [6.45, 7) is 0. The van der Waals surface area contributed by atoms with E-state index in [-0.39, 0.29) is 10.7 Å². The Hall–Kier alpha value is -2.68. The molecule has 0 saturated heterocycles. The van der Waals surface area contributed by atoms with Gasteiger partial charge in [-0.25, -0.2) is 23.4 Å². The molecule has 0 unspecified atom stereocenters. The number of nitrogens with zero attached hydrogens (tertiary/aromatic N) is 4. The number of nitrogens with one attached hydrogen (secondary N) is 1. The van der Waals surface area contributed by atoms with Gasteiger partial charge in [0.25, 0.3) is 10.0 Å². The molecule has 8 nitrogen and oxygen atoms in total. The summed E-state index contributed by atoms with van der Waals surface area (Å²) in [5.74, 6) is 0.178. The third kappa shape index (κ3) is 2.38. The maximum Gasteiger partial charge on any atom is 0.263 e. The summed E-state index contributed by atoms with van der Waals surface area (Å²) >= 11 is 0. The molecule has 108 valence electrons. The van der Waals surface area contributed by atoms with E-state index in [0.717, 1.165) is 0 Å². The first-order valence-corrected chi connectivity index (χ1v) is 7.46. The van der Waals surface area contributed by atoms with Crippen LogP contribution in [-0.2, 0) is 17.1 Å². The van der Waals surface area contributed by atoms with Gasteiger partial charge in [-0.15, -0.1) is 0 Å². The molecule has 0 aliphatic carbocycles. The fourth-order valence-electron chi connectivity index (χ4n) is 1.90. The van der Waals surface area contributed by atoms with E-state index in [9.17, 15) is 8.42 Å². The van der Waals surface area contributed by atoms with Gasteiger partial charge in [-0.3, -0.25) is 4.72 Å². The standard InChI is InChI=1S/C12H12N6O2S/c1-18-7-16-11-10(18)12(15-6-14-11)17-21(19,20)9-4-2-8(13)3-5-9/h2-7H,13H2,1H3,(H,14,15,17). The minimum Gasteiger partial charge on any atom is -0.399 e. The predicted octanol–water partition coefficient (Wildman–Crippen LogP) is 0.746. The van der Waals surface area contributed by atoms with Crippen molar-refractivity contribution in [1.29, 1.82) is 0 Å². The lowest BCUT2D eigenvalue weighted by Gasteiger charge is -2.08.